The summed E-state index contributed by atoms with van der Waals surface area (Å²) in [5.41, 5.74) is 8.03. The lowest BCUT2D eigenvalue weighted by atomic mass is 10.2. The van der Waals surface area contributed by atoms with Gasteiger partial charge in [0.1, 0.15) is 5.75 Å². The Morgan fingerprint density at radius 3 is 2.78 bits per heavy atom. The fourth-order valence-corrected chi connectivity index (χ4v) is 2.28. The van der Waals surface area contributed by atoms with Crippen LogP contribution in [-0.4, -0.2) is 22.0 Å². The minimum absolute atomic E-state index is 0.474. The third kappa shape index (κ3) is 3.38. The van der Waals surface area contributed by atoms with E-state index in [1.54, 1.807) is 31.6 Å². The van der Waals surface area contributed by atoms with E-state index in [-0.39, 0.29) is 0 Å². The number of nitrogens with zero attached hydrogens (tertiary/aromatic N) is 3. The second kappa shape index (κ2) is 6.58. The number of aromatic nitrogens is 3. The highest BCUT2D eigenvalue weighted by Crippen LogP contribution is 2.30. The van der Waals surface area contributed by atoms with Crippen molar-refractivity contribution in [3.63, 3.8) is 0 Å². The highest BCUT2D eigenvalue weighted by atomic mass is 31.0. The van der Waals surface area contributed by atoms with Crippen molar-refractivity contribution >= 4 is 26.2 Å². The molecule has 6 nitrogen and oxygen atoms in total. The van der Waals surface area contributed by atoms with Crippen molar-refractivity contribution in [1.82, 2.24) is 15.0 Å². The third-order valence-electron chi connectivity index (χ3n) is 3.20. The molecule has 1 aromatic carbocycles. The Morgan fingerprint density at radius 2 is 2.00 bits per heavy atom. The Balaban J connectivity index is 1.98. The quantitative estimate of drug-likeness (QED) is 0.566. The minimum Gasteiger partial charge on any atom is -0.438 e. The normalized spacial score (nSPS) is 10.3. The largest absolute Gasteiger partial charge is 0.438 e. The topological polar surface area (TPSA) is 86.0 Å². The van der Waals surface area contributed by atoms with Gasteiger partial charge in [0.05, 0.1) is 11.3 Å². The van der Waals surface area contributed by atoms with Crippen LogP contribution in [0.15, 0.2) is 48.8 Å². The zero-order valence-electron chi connectivity index (χ0n) is 12.5. The van der Waals surface area contributed by atoms with Crippen LogP contribution in [0, 0.1) is 0 Å². The molecule has 0 aliphatic carbocycles. The van der Waals surface area contributed by atoms with Crippen LogP contribution in [0.25, 0.3) is 11.3 Å². The van der Waals surface area contributed by atoms with Crippen LogP contribution >= 0.6 is 9.24 Å². The van der Waals surface area contributed by atoms with Crippen molar-refractivity contribution in [2.75, 3.05) is 18.1 Å². The lowest BCUT2D eigenvalue weighted by Gasteiger charge is -2.11. The molecule has 0 aliphatic heterocycles. The molecule has 1 unspecified atom stereocenters. The van der Waals surface area contributed by atoms with Gasteiger partial charge in [0.25, 0.3) is 0 Å². The van der Waals surface area contributed by atoms with Gasteiger partial charge >= 0.3 is 0 Å². The molecule has 0 aliphatic rings. The molecule has 0 fully saturated rings. The molecule has 0 saturated carbocycles. The maximum absolute atomic E-state index is 5.91. The van der Waals surface area contributed by atoms with Crippen LogP contribution in [0.1, 0.15) is 0 Å². The van der Waals surface area contributed by atoms with Gasteiger partial charge in [-0.1, -0.05) is 0 Å². The van der Waals surface area contributed by atoms with E-state index in [0.717, 1.165) is 16.6 Å². The molecule has 1 atom stereocenters. The summed E-state index contributed by atoms with van der Waals surface area (Å²) in [7, 11) is 4.35. The van der Waals surface area contributed by atoms with E-state index in [2.05, 4.69) is 29.5 Å². The zero-order valence-corrected chi connectivity index (χ0v) is 13.7. The number of ether oxygens (including phenoxy) is 1. The Bertz CT molecular complexity index is 840. The molecule has 0 amide bonds. The number of pyridine rings is 1. The average Bonchev–Trinajstić information content (AvgIpc) is 2.59. The van der Waals surface area contributed by atoms with E-state index in [1.807, 2.05) is 24.3 Å². The summed E-state index contributed by atoms with van der Waals surface area (Å²) in [6.07, 6.45) is 3.37. The lowest BCUT2D eigenvalue weighted by Crippen LogP contribution is -2.02. The van der Waals surface area contributed by atoms with Crippen LogP contribution in [-0.2, 0) is 0 Å². The molecular formula is C16H16N5OP. The van der Waals surface area contributed by atoms with Crippen molar-refractivity contribution in [2.24, 2.45) is 0 Å². The van der Waals surface area contributed by atoms with Gasteiger partial charge in [-0.05, 0) is 41.7 Å². The second-order valence-electron chi connectivity index (χ2n) is 4.76. The summed E-state index contributed by atoms with van der Waals surface area (Å²) in [6.45, 7) is 0. The Labute approximate surface area is 136 Å². The molecule has 0 radical (unpaired) electrons. The van der Waals surface area contributed by atoms with Crippen LogP contribution in [0.4, 0.5) is 11.6 Å². The van der Waals surface area contributed by atoms with Gasteiger partial charge < -0.3 is 15.8 Å². The molecule has 3 N–H and O–H groups in total. The fourth-order valence-electron chi connectivity index (χ4n) is 2.02. The summed E-state index contributed by atoms with van der Waals surface area (Å²) in [6, 6.07) is 11.0. The molecule has 7 heteroatoms. The molecule has 0 saturated heterocycles. The van der Waals surface area contributed by atoms with Crippen LogP contribution in [0.3, 0.4) is 0 Å². The van der Waals surface area contributed by atoms with Crippen molar-refractivity contribution in [1.29, 1.82) is 0 Å². The van der Waals surface area contributed by atoms with Gasteiger partial charge in [-0.2, -0.15) is 0 Å². The Morgan fingerprint density at radius 1 is 1.13 bits per heavy atom. The number of rotatable bonds is 4. The summed E-state index contributed by atoms with van der Waals surface area (Å²) in [5.74, 6) is 1.67. The van der Waals surface area contributed by atoms with E-state index in [4.69, 9.17) is 10.5 Å². The molecule has 0 spiro atoms. The summed E-state index contributed by atoms with van der Waals surface area (Å²) >= 11 is 0. The first-order chi connectivity index (χ1) is 11.2. The number of nitrogen functional groups attached to an aromatic ring is 1. The van der Waals surface area contributed by atoms with Crippen LogP contribution in [0.2, 0.25) is 0 Å². The molecule has 2 aromatic heterocycles. The van der Waals surface area contributed by atoms with Gasteiger partial charge in [-0.15, -0.1) is 9.24 Å². The second-order valence-corrected chi connectivity index (χ2v) is 5.39. The van der Waals surface area contributed by atoms with E-state index in [1.165, 1.54) is 0 Å². The van der Waals surface area contributed by atoms with Crippen molar-refractivity contribution in [2.45, 2.75) is 0 Å². The molecule has 23 heavy (non-hydrogen) atoms. The van der Waals surface area contributed by atoms with Crippen molar-refractivity contribution in [3.8, 4) is 22.9 Å². The SMILES string of the molecule is CNc1nccc(-c2cccnc2Oc2ccc(N)c(P)c2)n1. The standard InChI is InChI=1S/C16H16N5OP/c1-18-16-20-8-6-13(21-16)11-3-2-7-19-15(11)22-10-4-5-12(17)14(23)9-10/h2-9H,17,23H2,1H3,(H,18,20,21). The number of nitrogens with one attached hydrogen (secondary N) is 1. The number of hydrogen-bond acceptors (Lipinski definition) is 6. The Kier molecular flexibility index (Phi) is 4.35. The first-order valence-electron chi connectivity index (χ1n) is 6.96. The number of benzene rings is 1. The van der Waals surface area contributed by atoms with Crippen molar-refractivity contribution in [3.05, 3.63) is 48.8 Å². The first kappa shape index (κ1) is 15.2. The summed E-state index contributed by atoms with van der Waals surface area (Å²) < 4.78 is 5.91. The molecule has 3 aromatic rings. The predicted octanol–water partition coefficient (Wildman–Crippen LogP) is 2.46. The predicted molar refractivity (Wildman–Crippen MR) is 95.1 cm³/mol. The van der Waals surface area contributed by atoms with Gasteiger partial charge in [0.15, 0.2) is 0 Å². The van der Waals surface area contributed by atoms with Gasteiger partial charge in [0, 0.05) is 25.1 Å². The highest BCUT2D eigenvalue weighted by molar-refractivity contribution is 7.28. The lowest BCUT2D eigenvalue weighted by molar-refractivity contribution is 0.465. The molecular weight excluding hydrogens is 309 g/mol. The van der Waals surface area contributed by atoms with E-state index in [9.17, 15) is 0 Å². The van der Waals surface area contributed by atoms with Gasteiger partial charge in [-0.3, -0.25) is 0 Å². The molecule has 3 rings (SSSR count). The van der Waals surface area contributed by atoms with Crippen molar-refractivity contribution < 1.29 is 4.74 Å². The third-order valence-corrected chi connectivity index (χ3v) is 3.70. The highest BCUT2D eigenvalue weighted by Gasteiger charge is 2.11. The molecule has 0 bridgehead atoms. The smallest absolute Gasteiger partial charge is 0.228 e. The van der Waals surface area contributed by atoms with E-state index in [0.29, 0.717) is 23.3 Å². The number of anilines is 2. The number of nitrogens with two attached hydrogens (primary N) is 1. The zero-order chi connectivity index (χ0) is 16.2. The number of hydrogen-bond donors (Lipinski definition) is 2. The van der Waals surface area contributed by atoms with E-state index < -0.39 is 0 Å². The van der Waals surface area contributed by atoms with Crippen LogP contribution < -0.4 is 21.1 Å². The van der Waals surface area contributed by atoms with Gasteiger partial charge in [0.2, 0.25) is 11.8 Å². The first-order valence-corrected chi connectivity index (χ1v) is 7.54. The fraction of sp³-hybridized carbons (Fsp3) is 0.0625. The Hall–Kier alpha value is -2.72. The monoisotopic (exact) mass is 325 g/mol. The molecule has 116 valence electrons. The minimum atomic E-state index is 0.474. The molecule has 2 heterocycles. The maximum atomic E-state index is 5.91. The van der Waals surface area contributed by atoms with E-state index >= 15 is 0 Å². The summed E-state index contributed by atoms with van der Waals surface area (Å²) in [5, 5.41) is 3.79. The average molecular weight is 325 g/mol. The summed E-state index contributed by atoms with van der Waals surface area (Å²) in [4.78, 5) is 12.9. The maximum Gasteiger partial charge on any atom is 0.228 e. The van der Waals surface area contributed by atoms with Crippen LogP contribution in [0.5, 0.6) is 11.6 Å². The van der Waals surface area contributed by atoms with Gasteiger partial charge in [-0.25, -0.2) is 15.0 Å².